The number of nitrogens with one attached hydrogen (secondary N) is 1. The number of piperidine rings is 1. The van der Waals surface area contributed by atoms with Gasteiger partial charge in [-0.25, -0.2) is 0 Å². The highest BCUT2D eigenvalue weighted by Gasteiger charge is 2.30. The van der Waals surface area contributed by atoms with Gasteiger partial charge in [0.2, 0.25) is 11.8 Å². The standard InChI is InChI=1S/C29H40N4O2/c1-22-18-23(2)20-33(19-22)27(34)21-31-14-16-32(17-15-31)24(3)29(35)30-28(25-10-6-4-7-11-25)26-12-8-5-9-13-26/h4-13,22-24,28H,14-21H2,1-3H3,(H,30,35)/t22-,23+,24-/m1/s1. The van der Waals surface area contributed by atoms with Crippen LogP contribution in [0.4, 0.5) is 0 Å². The maximum absolute atomic E-state index is 13.3. The van der Waals surface area contributed by atoms with Crippen molar-refractivity contribution in [1.82, 2.24) is 20.0 Å². The minimum atomic E-state index is -0.230. The Morgan fingerprint density at radius 2 is 1.37 bits per heavy atom. The first-order valence-corrected chi connectivity index (χ1v) is 13.0. The third-order valence-corrected chi connectivity index (χ3v) is 7.47. The largest absolute Gasteiger partial charge is 0.344 e. The molecule has 0 saturated carbocycles. The Balaban J connectivity index is 1.31. The lowest BCUT2D eigenvalue weighted by atomic mass is 9.92. The minimum absolute atomic E-state index is 0.0310. The molecule has 0 radical (unpaired) electrons. The van der Waals surface area contributed by atoms with Crippen molar-refractivity contribution >= 4 is 11.8 Å². The second-order valence-electron chi connectivity index (χ2n) is 10.5. The Hall–Kier alpha value is -2.70. The molecule has 188 valence electrons. The van der Waals surface area contributed by atoms with Gasteiger partial charge in [-0.15, -0.1) is 0 Å². The predicted molar refractivity (Wildman–Crippen MR) is 140 cm³/mol. The maximum Gasteiger partial charge on any atom is 0.237 e. The van der Waals surface area contributed by atoms with Gasteiger partial charge in [0.1, 0.15) is 0 Å². The van der Waals surface area contributed by atoms with Gasteiger partial charge < -0.3 is 10.2 Å². The molecule has 2 aromatic carbocycles. The van der Waals surface area contributed by atoms with E-state index < -0.39 is 0 Å². The highest BCUT2D eigenvalue weighted by Crippen LogP contribution is 2.23. The van der Waals surface area contributed by atoms with Crippen molar-refractivity contribution in [3.05, 3.63) is 71.8 Å². The van der Waals surface area contributed by atoms with Gasteiger partial charge in [0.05, 0.1) is 18.6 Å². The number of rotatable bonds is 7. The number of hydrogen-bond donors (Lipinski definition) is 1. The van der Waals surface area contributed by atoms with Crippen LogP contribution < -0.4 is 5.32 Å². The Morgan fingerprint density at radius 3 is 1.89 bits per heavy atom. The fourth-order valence-corrected chi connectivity index (χ4v) is 5.55. The number of hydrogen-bond acceptors (Lipinski definition) is 4. The first-order valence-electron chi connectivity index (χ1n) is 13.0. The Kier molecular flexibility index (Phi) is 8.58. The summed E-state index contributed by atoms with van der Waals surface area (Å²) in [5, 5.41) is 3.29. The van der Waals surface area contributed by atoms with E-state index in [2.05, 4.69) is 58.1 Å². The van der Waals surface area contributed by atoms with Crippen LogP contribution in [0.2, 0.25) is 0 Å². The first kappa shape index (κ1) is 25.4. The Morgan fingerprint density at radius 1 is 0.857 bits per heavy atom. The average molecular weight is 477 g/mol. The molecule has 2 aromatic rings. The summed E-state index contributed by atoms with van der Waals surface area (Å²) in [5.74, 6) is 1.43. The molecule has 4 rings (SSSR count). The SMILES string of the molecule is C[C@@H]1C[C@H](C)CN(C(=O)CN2CCN([C@H](C)C(=O)NC(c3ccccc3)c3ccccc3)CC2)C1. The zero-order chi connectivity index (χ0) is 24.8. The molecule has 6 heteroatoms. The molecule has 35 heavy (non-hydrogen) atoms. The summed E-state index contributed by atoms with van der Waals surface area (Å²) in [6, 6.07) is 19.8. The van der Waals surface area contributed by atoms with Crippen LogP contribution in [-0.2, 0) is 9.59 Å². The van der Waals surface area contributed by atoms with Crippen molar-refractivity contribution in [3.63, 3.8) is 0 Å². The average Bonchev–Trinajstić information content (AvgIpc) is 2.87. The molecule has 0 unspecified atom stereocenters. The molecule has 0 bridgehead atoms. The van der Waals surface area contributed by atoms with Crippen molar-refractivity contribution in [3.8, 4) is 0 Å². The molecule has 0 spiro atoms. The van der Waals surface area contributed by atoms with Crippen LogP contribution in [0.1, 0.15) is 44.4 Å². The third kappa shape index (κ3) is 6.71. The highest BCUT2D eigenvalue weighted by molar-refractivity contribution is 5.82. The van der Waals surface area contributed by atoms with Crippen LogP contribution in [-0.4, -0.2) is 78.4 Å². The Labute approximate surface area is 210 Å². The number of piperazine rings is 1. The van der Waals surface area contributed by atoms with Gasteiger partial charge in [-0.1, -0.05) is 74.5 Å². The lowest BCUT2D eigenvalue weighted by Crippen LogP contribution is -2.56. The van der Waals surface area contributed by atoms with Gasteiger partial charge in [-0.2, -0.15) is 0 Å². The summed E-state index contributed by atoms with van der Waals surface area (Å²) in [4.78, 5) is 32.7. The van der Waals surface area contributed by atoms with E-state index in [0.717, 1.165) is 50.4 Å². The number of nitrogens with zero attached hydrogens (tertiary/aromatic N) is 3. The van der Waals surface area contributed by atoms with Gasteiger partial charge in [0.15, 0.2) is 0 Å². The number of benzene rings is 2. The molecule has 2 amide bonds. The van der Waals surface area contributed by atoms with Gasteiger partial charge in [0, 0.05) is 39.3 Å². The quantitative estimate of drug-likeness (QED) is 0.666. The zero-order valence-electron chi connectivity index (χ0n) is 21.4. The van der Waals surface area contributed by atoms with Crippen LogP contribution in [0.5, 0.6) is 0 Å². The molecule has 2 fully saturated rings. The van der Waals surface area contributed by atoms with Gasteiger partial charge >= 0.3 is 0 Å². The van der Waals surface area contributed by atoms with E-state index >= 15 is 0 Å². The smallest absolute Gasteiger partial charge is 0.237 e. The number of likely N-dealkylation sites (tertiary alicyclic amines) is 1. The molecular weight excluding hydrogens is 436 g/mol. The molecule has 6 nitrogen and oxygen atoms in total. The van der Waals surface area contributed by atoms with E-state index in [1.807, 2.05) is 43.3 Å². The van der Waals surface area contributed by atoms with Crippen molar-refractivity contribution in [2.75, 3.05) is 45.8 Å². The summed E-state index contributed by atoms with van der Waals surface area (Å²) in [6.07, 6.45) is 1.21. The summed E-state index contributed by atoms with van der Waals surface area (Å²) < 4.78 is 0. The van der Waals surface area contributed by atoms with Crippen LogP contribution in [0.25, 0.3) is 0 Å². The van der Waals surface area contributed by atoms with Crippen molar-refractivity contribution in [2.24, 2.45) is 11.8 Å². The monoisotopic (exact) mass is 476 g/mol. The van der Waals surface area contributed by atoms with E-state index in [0.29, 0.717) is 18.4 Å². The van der Waals surface area contributed by atoms with Gasteiger partial charge in [-0.05, 0) is 36.3 Å². The highest BCUT2D eigenvalue weighted by atomic mass is 16.2. The molecular formula is C29H40N4O2. The molecule has 3 atom stereocenters. The molecule has 2 saturated heterocycles. The third-order valence-electron chi connectivity index (χ3n) is 7.47. The zero-order valence-corrected chi connectivity index (χ0v) is 21.4. The van der Waals surface area contributed by atoms with Gasteiger partial charge in [-0.3, -0.25) is 19.4 Å². The van der Waals surface area contributed by atoms with E-state index in [-0.39, 0.29) is 23.9 Å². The fourth-order valence-electron chi connectivity index (χ4n) is 5.55. The summed E-state index contributed by atoms with van der Waals surface area (Å²) >= 11 is 0. The molecule has 0 aliphatic carbocycles. The summed E-state index contributed by atoms with van der Waals surface area (Å²) in [7, 11) is 0. The second kappa shape index (κ2) is 11.8. The lowest BCUT2D eigenvalue weighted by molar-refractivity contribution is -0.136. The molecule has 2 heterocycles. The van der Waals surface area contributed by atoms with Crippen LogP contribution in [0.15, 0.2) is 60.7 Å². The van der Waals surface area contributed by atoms with E-state index in [4.69, 9.17) is 0 Å². The van der Waals surface area contributed by atoms with Crippen molar-refractivity contribution < 1.29 is 9.59 Å². The number of amides is 2. The minimum Gasteiger partial charge on any atom is -0.344 e. The summed E-state index contributed by atoms with van der Waals surface area (Å²) in [6.45, 7) is 11.9. The Bertz CT molecular complexity index is 910. The molecule has 0 aromatic heterocycles. The predicted octanol–water partition coefficient (Wildman–Crippen LogP) is 3.40. The number of carbonyl (C=O) groups is 2. The molecule has 2 aliphatic rings. The van der Waals surface area contributed by atoms with E-state index in [9.17, 15) is 9.59 Å². The first-order chi connectivity index (χ1) is 16.9. The fraction of sp³-hybridized carbons (Fsp3) is 0.517. The van der Waals surface area contributed by atoms with Gasteiger partial charge in [0.25, 0.3) is 0 Å². The second-order valence-corrected chi connectivity index (χ2v) is 10.5. The van der Waals surface area contributed by atoms with Crippen LogP contribution >= 0.6 is 0 Å². The maximum atomic E-state index is 13.3. The van der Waals surface area contributed by atoms with Crippen molar-refractivity contribution in [2.45, 2.75) is 39.3 Å². The van der Waals surface area contributed by atoms with Crippen molar-refractivity contribution in [1.29, 1.82) is 0 Å². The molecule has 2 aliphatic heterocycles. The normalized spacial score (nSPS) is 22.7. The molecule has 1 N–H and O–H groups in total. The number of carbonyl (C=O) groups excluding carboxylic acids is 2. The van der Waals surface area contributed by atoms with E-state index in [1.54, 1.807) is 0 Å². The topological polar surface area (TPSA) is 55.9 Å². The van der Waals surface area contributed by atoms with Crippen LogP contribution in [0.3, 0.4) is 0 Å². The lowest BCUT2D eigenvalue weighted by Gasteiger charge is -2.39. The summed E-state index contributed by atoms with van der Waals surface area (Å²) in [5.41, 5.74) is 2.15. The van der Waals surface area contributed by atoms with Crippen LogP contribution in [0, 0.1) is 11.8 Å². The van der Waals surface area contributed by atoms with E-state index in [1.165, 1.54) is 6.42 Å².